The number of thioether (sulfide) groups is 1. The number of hydrogen-bond acceptors (Lipinski definition) is 4. The third-order valence-corrected chi connectivity index (χ3v) is 4.43. The summed E-state index contributed by atoms with van der Waals surface area (Å²) in [5.41, 5.74) is 6.27. The fraction of sp³-hybridized carbons (Fsp3) is 0.533. The maximum absolute atomic E-state index is 10.6. The maximum atomic E-state index is 10.6. The number of nitrogens with two attached hydrogens (primary N) is 1. The molecule has 0 aromatic heterocycles. The Morgan fingerprint density at radius 2 is 2.10 bits per heavy atom. The molecular formula is C15H23NO3S. The summed E-state index contributed by atoms with van der Waals surface area (Å²) in [6.07, 6.45) is 1.01. The maximum Gasteiger partial charge on any atom is 0.404 e. The minimum atomic E-state index is -0.730. The Morgan fingerprint density at radius 3 is 2.70 bits per heavy atom. The number of rotatable bonds is 9. The van der Waals surface area contributed by atoms with Crippen LogP contribution in [0.1, 0.15) is 31.2 Å². The molecule has 5 heteroatoms. The van der Waals surface area contributed by atoms with E-state index in [0.717, 1.165) is 12.8 Å². The molecule has 2 atom stereocenters. The average Bonchev–Trinajstić information content (AvgIpc) is 2.45. The highest BCUT2D eigenvalue weighted by Gasteiger charge is 2.15. The second-order valence-electron chi connectivity index (χ2n) is 4.72. The lowest BCUT2D eigenvalue weighted by Crippen LogP contribution is -2.18. The molecule has 0 fully saturated rings. The minimum absolute atomic E-state index is 0.164. The highest BCUT2D eigenvalue weighted by Crippen LogP contribution is 2.28. The van der Waals surface area contributed by atoms with E-state index in [1.807, 2.05) is 18.2 Å². The third-order valence-electron chi connectivity index (χ3n) is 3.11. The molecule has 0 saturated heterocycles. The quantitative estimate of drug-likeness (QED) is 0.735. The Kier molecular flexibility index (Phi) is 8.14. The Hall–Kier alpha value is -1.20. The van der Waals surface area contributed by atoms with Crippen molar-refractivity contribution >= 4 is 17.9 Å². The fourth-order valence-corrected chi connectivity index (χ4v) is 3.22. The number of benzene rings is 1. The summed E-state index contributed by atoms with van der Waals surface area (Å²) in [7, 11) is 0. The Morgan fingerprint density at radius 1 is 1.40 bits per heavy atom. The highest BCUT2D eigenvalue weighted by atomic mass is 32.2. The molecule has 0 aliphatic carbocycles. The Bertz CT molecular complexity index is 386. The zero-order chi connectivity index (χ0) is 14.8. The molecule has 3 N–H and O–H groups in total. The van der Waals surface area contributed by atoms with E-state index in [1.165, 1.54) is 5.56 Å². The monoisotopic (exact) mass is 297 g/mol. The van der Waals surface area contributed by atoms with Crippen LogP contribution in [0.25, 0.3) is 0 Å². The zero-order valence-corrected chi connectivity index (χ0v) is 12.6. The zero-order valence-electron chi connectivity index (χ0n) is 11.8. The molecule has 112 valence electrons. The van der Waals surface area contributed by atoms with Crippen LogP contribution in [0.3, 0.4) is 0 Å². The topological polar surface area (TPSA) is 72.5 Å². The van der Waals surface area contributed by atoms with Gasteiger partial charge in [-0.25, -0.2) is 4.79 Å². The van der Waals surface area contributed by atoms with E-state index in [0.29, 0.717) is 23.5 Å². The fourth-order valence-electron chi connectivity index (χ4n) is 2.09. The molecule has 0 bridgehead atoms. The largest absolute Gasteiger partial charge is 0.450 e. The lowest BCUT2D eigenvalue weighted by atomic mass is 9.95. The van der Waals surface area contributed by atoms with Crippen molar-refractivity contribution in [3.63, 3.8) is 0 Å². The number of primary amides is 1. The van der Waals surface area contributed by atoms with Gasteiger partial charge in [0, 0.05) is 11.0 Å². The molecule has 0 heterocycles. The van der Waals surface area contributed by atoms with E-state index >= 15 is 0 Å². The molecule has 1 rings (SSSR count). The van der Waals surface area contributed by atoms with E-state index in [1.54, 1.807) is 11.8 Å². The smallest absolute Gasteiger partial charge is 0.404 e. The van der Waals surface area contributed by atoms with Gasteiger partial charge >= 0.3 is 6.09 Å². The summed E-state index contributed by atoms with van der Waals surface area (Å²) in [5.74, 6) is 1.13. The molecule has 1 aromatic rings. The van der Waals surface area contributed by atoms with Crippen molar-refractivity contribution in [3.8, 4) is 0 Å². The van der Waals surface area contributed by atoms with E-state index in [9.17, 15) is 4.79 Å². The predicted octanol–water partition coefficient (Wildman–Crippen LogP) is 2.76. The SMILES string of the molecule is CC(CC(CCOC(N)=O)SCCO)c1ccccc1. The summed E-state index contributed by atoms with van der Waals surface area (Å²) in [5, 5.41) is 9.30. The molecule has 1 amide bonds. The molecule has 0 aliphatic rings. The number of aliphatic hydroxyl groups is 1. The second kappa shape index (κ2) is 9.66. The second-order valence-corrected chi connectivity index (χ2v) is 6.13. The van der Waals surface area contributed by atoms with Crippen LogP contribution < -0.4 is 5.73 Å². The van der Waals surface area contributed by atoms with Crippen molar-refractivity contribution in [1.29, 1.82) is 0 Å². The van der Waals surface area contributed by atoms with Crippen molar-refractivity contribution in [1.82, 2.24) is 0 Å². The van der Waals surface area contributed by atoms with Gasteiger partial charge in [-0.1, -0.05) is 37.3 Å². The summed E-state index contributed by atoms with van der Waals surface area (Å²) in [4.78, 5) is 10.6. The number of aliphatic hydroxyl groups excluding tert-OH is 1. The molecular weight excluding hydrogens is 274 g/mol. The van der Waals surface area contributed by atoms with Crippen molar-refractivity contribution in [3.05, 3.63) is 35.9 Å². The van der Waals surface area contributed by atoms with Gasteiger partial charge in [-0.05, 0) is 24.3 Å². The number of carbonyl (C=O) groups excluding carboxylic acids is 1. The van der Waals surface area contributed by atoms with E-state index < -0.39 is 6.09 Å². The minimum Gasteiger partial charge on any atom is -0.450 e. The summed E-state index contributed by atoms with van der Waals surface area (Å²) >= 11 is 1.71. The standard InChI is InChI=1S/C15H23NO3S/c1-12(13-5-3-2-4-6-13)11-14(20-10-8-17)7-9-19-15(16)18/h2-6,12,14,17H,7-11H2,1H3,(H2,16,18). The Balaban J connectivity index is 2.48. The van der Waals surface area contributed by atoms with E-state index in [4.69, 9.17) is 15.6 Å². The van der Waals surface area contributed by atoms with Crippen molar-refractivity contribution in [2.45, 2.75) is 30.9 Å². The van der Waals surface area contributed by atoms with Gasteiger partial charge in [0.2, 0.25) is 0 Å². The van der Waals surface area contributed by atoms with E-state index in [2.05, 4.69) is 19.1 Å². The van der Waals surface area contributed by atoms with Gasteiger partial charge in [0.05, 0.1) is 13.2 Å². The lowest BCUT2D eigenvalue weighted by molar-refractivity contribution is 0.154. The van der Waals surface area contributed by atoms with Gasteiger partial charge in [-0.2, -0.15) is 11.8 Å². The van der Waals surface area contributed by atoms with Crippen LogP contribution in [0.15, 0.2) is 30.3 Å². The number of hydrogen-bond donors (Lipinski definition) is 2. The first kappa shape index (κ1) is 16.9. The predicted molar refractivity (Wildman–Crippen MR) is 83.0 cm³/mol. The highest BCUT2D eigenvalue weighted by molar-refractivity contribution is 7.99. The van der Waals surface area contributed by atoms with Crippen molar-refractivity contribution in [2.24, 2.45) is 5.73 Å². The summed E-state index contributed by atoms with van der Waals surface area (Å²) < 4.78 is 4.80. The van der Waals surface area contributed by atoms with Gasteiger partial charge in [-0.3, -0.25) is 0 Å². The first-order valence-electron chi connectivity index (χ1n) is 6.83. The van der Waals surface area contributed by atoms with Crippen molar-refractivity contribution < 1.29 is 14.6 Å². The number of ether oxygens (including phenoxy) is 1. The molecule has 2 unspecified atom stereocenters. The number of carbonyl (C=O) groups is 1. The van der Waals surface area contributed by atoms with E-state index in [-0.39, 0.29) is 6.61 Å². The van der Waals surface area contributed by atoms with Crippen molar-refractivity contribution in [2.75, 3.05) is 19.0 Å². The van der Waals surface area contributed by atoms with Gasteiger partial charge in [-0.15, -0.1) is 0 Å². The lowest BCUT2D eigenvalue weighted by Gasteiger charge is -2.20. The van der Waals surface area contributed by atoms with Crippen LogP contribution >= 0.6 is 11.8 Å². The molecule has 1 aromatic carbocycles. The molecule has 4 nitrogen and oxygen atoms in total. The first-order valence-corrected chi connectivity index (χ1v) is 7.88. The summed E-state index contributed by atoms with van der Waals surface area (Å²) in [6, 6.07) is 10.3. The first-order chi connectivity index (χ1) is 9.63. The third kappa shape index (κ3) is 6.82. The molecule has 0 saturated carbocycles. The average molecular weight is 297 g/mol. The summed E-state index contributed by atoms with van der Waals surface area (Å²) in [6.45, 7) is 2.69. The normalized spacial score (nSPS) is 13.7. The molecule has 0 radical (unpaired) electrons. The van der Waals surface area contributed by atoms with Crippen LogP contribution in [0, 0.1) is 0 Å². The van der Waals surface area contributed by atoms with Crippen LogP contribution in [0.2, 0.25) is 0 Å². The molecule has 0 spiro atoms. The molecule has 20 heavy (non-hydrogen) atoms. The van der Waals surface area contributed by atoms with Gasteiger partial charge in [0.1, 0.15) is 0 Å². The van der Waals surface area contributed by atoms with Gasteiger partial charge < -0.3 is 15.6 Å². The Labute approximate surface area is 124 Å². The van der Waals surface area contributed by atoms with Crippen LogP contribution in [-0.2, 0) is 4.74 Å². The van der Waals surface area contributed by atoms with Crippen LogP contribution in [0.4, 0.5) is 4.79 Å². The van der Waals surface area contributed by atoms with Gasteiger partial charge in [0.15, 0.2) is 0 Å². The molecule has 0 aliphatic heterocycles. The van der Waals surface area contributed by atoms with Crippen LogP contribution in [0.5, 0.6) is 0 Å². The number of amides is 1. The van der Waals surface area contributed by atoms with Crippen LogP contribution in [-0.4, -0.2) is 35.4 Å². The van der Waals surface area contributed by atoms with Gasteiger partial charge in [0.25, 0.3) is 0 Å².